The molecule has 2 heterocycles. The van der Waals surface area contributed by atoms with Gasteiger partial charge >= 0.3 is 0 Å². The van der Waals surface area contributed by atoms with E-state index in [0.717, 1.165) is 24.9 Å². The quantitative estimate of drug-likeness (QED) is 0.678. The lowest BCUT2D eigenvalue weighted by atomic mass is 10.1. The maximum Gasteiger partial charge on any atom is 0.254 e. The Hall–Kier alpha value is -0.540. The Morgan fingerprint density at radius 3 is 3.14 bits per heavy atom. The molecule has 1 aliphatic rings. The minimum Gasteiger partial charge on any atom is -0.337 e. The molecule has 1 unspecified atom stereocenters. The van der Waals surface area contributed by atoms with Crippen LogP contribution in [0.4, 0.5) is 0 Å². The van der Waals surface area contributed by atoms with Crippen LogP contribution in [0.3, 0.4) is 0 Å². The Kier molecular flexibility index (Phi) is 3.08. The van der Waals surface area contributed by atoms with Crippen molar-refractivity contribution in [3.05, 3.63) is 22.4 Å². The van der Waals surface area contributed by atoms with E-state index in [9.17, 15) is 4.79 Å². The third kappa shape index (κ3) is 2.10. The standard InChI is InChI=1S/C10H12ClNOS/c11-9-2-1-4-12(6-9)10(13)8-3-5-14-7-8/h3,5,7,9H,1-2,4,6H2. The molecule has 2 nitrogen and oxygen atoms in total. The SMILES string of the molecule is O=C(c1ccsc1)N1CCCC(Cl)C1. The first-order valence-corrected chi connectivity index (χ1v) is 6.11. The van der Waals surface area contributed by atoms with E-state index in [0.29, 0.717) is 6.54 Å². The number of nitrogens with zero attached hydrogens (tertiary/aromatic N) is 1. The lowest BCUT2D eigenvalue weighted by Gasteiger charge is -2.29. The third-order valence-electron chi connectivity index (χ3n) is 2.42. The highest BCUT2D eigenvalue weighted by Gasteiger charge is 2.22. The van der Waals surface area contributed by atoms with Crippen LogP contribution in [0.5, 0.6) is 0 Å². The minimum atomic E-state index is 0.122. The second kappa shape index (κ2) is 4.32. The van der Waals surface area contributed by atoms with Gasteiger partial charge in [-0.15, -0.1) is 11.6 Å². The largest absolute Gasteiger partial charge is 0.337 e. The summed E-state index contributed by atoms with van der Waals surface area (Å²) in [6.45, 7) is 1.54. The van der Waals surface area contributed by atoms with Crippen LogP contribution >= 0.6 is 22.9 Å². The van der Waals surface area contributed by atoms with E-state index < -0.39 is 0 Å². The fourth-order valence-corrected chi connectivity index (χ4v) is 2.63. The van der Waals surface area contributed by atoms with Crippen LogP contribution in [0.1, 0.15) is 23.2 Å². The molecule has 1 fully saturated rings. The Morgan fingerprint density at radius 1 is 1.64 bits per heavy atom. The summed E-state index contributed by atoms with van der Waals surface area (Å²) in [4.78, 5) is 13.7. The minimum absolute atomic E-state index is 0.122. The average Bonchev–Trinajstić information content (AvgIpc) is 2.69. The molecule has 0 aliphatic carbocycles. The van der Waals surface area contributed by atoms with Gasteiger partial charge in [0.2, 0.25) is 0 Å². The molecule has 0 radical (unpaired) electrons. The number of piperidine rings is 1. The van der Waals surface area contributed by atoms with E-state index in [1.165, 1.54) is 0 Å². The van der Waals surface area contributed by atoms with Gasteiger partial charge in [0.1, 0.15) is 0 Å². The maximum absolute atomic E-state index is 11.9. The molecule has 76 valence electrons. The summed E-state index contributed by atoms with van der Waals surface area (Å²) >= 11 is 7.58. The van der Waals surface area contributed by atoms with Crippen LogP contribution in [-0.4, -0.2) is 29.3 Å². The summed E-state index contributed by atoms with van der Waals surface area (Å²) in [6, 6.07) is 1.87. The number of alkyl halides is 1. The van der Waals surface area contributed by atoms with Gasteiger partial charge in [-0.2, -0.15) is 11.3 Å². The molecule has 14 heavy (non-hydrogen) atoms. The van der Waals surface area contributed by atoms with Crippen molar-refractivity contribution in [2.45, 2.75) is 18.2 Å². The summed E-state index contributed by atoms with van der Waals surface area (Å²) in [5.41, 5.74) is 0.792. The molecule has 4 heteroatoms. The molecular weight excluding hydrogens is 218 g/mol. The zero-order chi connectivity index (χ0) is 9.97. The summed E-state index contributed by atoms with van der Waals surface area (Å²) < 4.78 is 0. The first kappa shape index (κ1) is 9.99. The normalized spacial score (nSPS) is 22.4. The summed E-state index contributed by atoms with van der Waals surface area (Å²) in [6.07, 6.45) is 2.04. The molecule has 1 amide bonds. The van der Waals surface area contributed by atoms with Crippen LogP contribution in [0.15, 0.2) is 16.8 Å². The van der Waals surface area contributed by atoms with Gasteiger partial charge in [-0.25, -0.2) is 0 Å². The second-order valence-electron chi connectivity index (χ2n) is 3.50. The monoisotopic (exact) mass is 229 g/mol. The van der Waals surface area contributed by atoms with E-state index in [2.05, 4.69) is 0 Å². The van der Waals surface area contributed by atoms with Gasteiger partial charge in [0.15, 0.2) is 0 Å². The molecule has 1 aliphatic heterocycles. The summed E-state index contributed by atoms with van der Waals surface area (Å²) in [7, 11) is 0. The molecule has 1 aromatic rings. The second-order valence-corrected chi connectivity index (χ2v) is 4.90. The first-order valence-electron chi connectivity index (χ1n) is 4.73. The molecule has 0 N–H and O–H groups in total. The van der Waals surface area contributed by atoms with Gasteiger partial charge in [0.05, 0.1) is 10.9 Å². The van der Waals surface area contributed by atoms with Gasteiger partial charge in [-0.3, -0.25) is 4.79 Å². The van der Waals surface area contributed by atoms with E-state index in [1.54, 1.807) is 11.3 Å². The lowest BCUT2D eigenvalue weighted by molar-refractivity contribution is 0.0727. The molecular formula is C10H12ClNOS. The molecule has 0 saturated carbocycles. The van der Waals surface area contributed by atoms with Gasteiger partial charge in [-0.05, 0) is 24.3 Å². The third-order valence-corrected chi connectivity index (χ3v) is 3.46. The molecule has 0 spiro atoms. The van der Waals surface area contributed by atoms with Crippen molar-refractivity contribution in [1.29, 1.82) is 0 Å². The molecule has 1 saturated heterocycles. The molecule has 1 atom stereocenters. The fraction of sp³-hybridized carbons (Fsp3) is 0.500. The van der Waals surface area contributed by atoms with Crippen molar-refractivity contribution in [1.82, 2.24) is 4.90 Å². The molecule has 1 aromatic heterocycles. The highest BCUT2D eigenvalue weighted by atomic mass is 35.5. The summed E-state index contributed by atoms with van der Waals surface area (Å²) in [5.74, 6) is 0.122. The number of carbonyl (C=O) groups excluding carboxylic acids is 1. The Morgan fingerprint density at radius 2 is 2.50 bits per heavy atom. The van der Waals surface area contributed by atoms with Crippen molar-refractivity contribution in [3.63, 3.8) is 0 Å². The van der Waals surface area contributed by atoms with E-state index >= 15 is 0 Å². The number of likely N-dealkylation sites (tertiary alicyclic amines) is 1. The number of thiophene rings is 1. The van der Waals surface area contributed by atoms with E-state index in [1.807, 2.05) is 21.7 Å². The van der Waals surface area contributed by atoms with Crippen molar-refractivity contribution < 1.29 is 4.79 Å². The number of carbonyl (C=O) groups is 1. The molecule has 0 aromatic carbocycles. The topological polar surface area (TPSA) is 20.3 Å². The molecule has 2 rings (SSSR count). The van der Waals surface area contributed by atoms with Gasteiger partial charge in [0.25, 0.3) is 5.91 Å². The number of halogens is 1. The zero-order valence-corrected chi connectivity index (χ0v) is 9.35. The summed E-state index contributed by atoms with van der Waals surface area (Å²) in [5, 5.41) is 3.95. The zero-order valence-electron chi connectivity index (χ0n) is 7.78. The molecule has 0 bridgehead atoms. The van der Waals surface area contributed by atoms with E-state index in [-0.39, 0.29) is 11.3 Å². The number of amides is 1. The fourth-order valence-electron chi connectivity index (χ4n) is 1.68. The Balaban J connectivity index is 2.04. The Bertz CT molecular complexity index is 312. The number of rotatable bonds is 1. The van der Waals surface area contributed by atoms with Crippen molar-refractivity contribution in [3.8, 4) is 0 Å². The van der Waals surface area contributed by atoms with Gasteiger partial charge < -0.3 is 4.90 Å². The van der Waals surface area contributed by atoms with Gasteiger partial charge in [0, 0.05) is 18.5 Å². The highest BCUT2D eigenvalue weighted by molar-refractivity contribution is 7.08. The van der Waals surface area contributed by atoms with E-state index in [4.69, 9.17) is 11.6 Å². The van der Waals surface area contributed by atoms with Crippen molar-refractivity contribution in [2.75, 3.05) is 13.1 Å². The van der Waals surface area contributed by atoms with Crippen LogP contribution in [0.25, 0.3) is 0 Å². The van der Waals surface area contributed by atoms with Crippen LogP contribution in [0.2, 0.25) is 0 Å². The smallest absolute Gasteiger partial charge is 0.254 e. The van der Waals surface area contributed by atoms with Crippen molar-refractivity contribution in [2.24, 2.45) is 0 Å². The average molecular weight is 230 g/mol. The number of hydrogen-bond donors (Lipinski definition) is 0. The lowest BCUT2D eigenvalue weighted by Crippen LogP contribution is -2.40. The first-order chi connectivity index (χ1) is 6.77. The van der Waals surface area contributed by atoms with Crippen LogP contribution < -0.4 is 0 Å². The predicted molar refractivity (Wildman–Crippen MR) is 59.1 cm³/mol. The van der Waals surface area contributed by atoms with Gasteiger partial charge in [-0.1, -0.05) is 0 Å². The highest BCUT2D eigenvalue weighted by Crippen LogP contribution is 2.18. The van der Waals surface area contributed by atoms with Crippen LogP contribution in [0, 0.1) is 0 Å². The van der Waals surface area contributed by atoms with Crippen LogP contribution in [-0.2, 0) is 0 Å². The maximum atomic E-state index is 11.9. The number of hydrogen-bond acceptors (Lipinski definition) is 2. The van der Waals surface area contributed by atoms with Crippen molar-refractivity contribution >= 4 is 28.8 Å². The predicted octanol–water partition coefficient (Wildman–Crippen LogP) is 2.59. The Labute approximate surface area is 92.5 Å².